The molecular formula is C30H35NO4. The molecule has 184 valence electrons. The summed E-state index contributed by atoms with van der Waals surface area (Å²) < 4.78 is 11.2. The Labute approximate surface area is 208 Å². The molecule has 0 aromatic heterocycles. The molecule has 2 unspecified atom stereocenters. The number of esters is 1. The summed E-state index contributed by atoms with van der Waals surface area (Å²) in [6, 6.07) is 17.6. The first-order chi connectivity index (χ1) is 16.4. The van der Waals surface area contributed by atoms with Crippen LogP contribution in [0.2, 0.25) is 0 Å². The van der Waals surface area contributed by atoms with E-state index >= 15 is 0 Å². The predicted octanol–water partition coefficient (Wildman–Crippen LogP) is 5.66. The number of fused-ring (bicyclic) bond motifs is 2. The van der Waals surface area contributed by atoms with E-state index in [0.717, 1.165) is 28.0 Å². The van der Waals surface area contributed by atoms with Gasteiger partial charge in [0.25, 0.3) is 5.91 Å². The lowest BCUT2D eigenvalue weighted by Gasteiger charge is -2.43. The average Bonchev–Trinajstić information content (AvgIpc) is 3.06. The van der Waals surface area contributed by atoms with E-state index in [9.17, 15) is 9.59 Å². The first-order valence-corrected chi connectivity index (χ1v) is 12.0. The molecular weight excluding hydrogens is 438 g/mol. The predicted molar refractivity (Wildman–Crippen MR) is 138 cm³/mol. The number of methoxy groups -OCH3 is 1. The van der Waals surface area contributed by atoms with Gasteiger partial charge in [0.2, 0.25) is 0 Å². The zero-order valence-electron chi connectivity index (χ0n) is 22.0. The van der Waals surface area contributed by atoms with Crippen molar-refractivity contribution in [3.05, 3.63) is 82.4 Å². The van der Waals surface area contributed by atoms with Crippen molar-refractivity contribution in [2.24, 2.45) is 16.2 Å². The molecule has 2 aliphatic carbocycles. The van der Waals surface area contributed by atoms with Gasteiger partial charge in [-0.05, 0) is 41.2 Å². The molecule has 5 heteroatoms. The lowest BCUT2D eigenvalue weighted by Crippen LogP contribution is -2.40. The van der Waals surface area contributed by atoms with Crippen molar-refractivity contribution in [2.45, 2.75) is 41.2 Å². The number of ether oxygens (including phenoxy) is 2. The summed E-state index contributed by atoms with van der Waals surface area (Å²) in [6.07, 6.45) is 0. The topological polar surface area (TPSA) is 55.8 Å². The second kappa shape index (κ2) is 8.40. The highest BCUT2D eigenvalue weighted by atomic mass is 16.5. The van der Waals surface area contributed by atoms with Crippen LogP contribution in [0.1, 0.15) is 45.7 Å². The molecule has 0 saturated heterocycles. The third kappa shape index (κ3) is 3.28. The first kappa shape index (κ1) is 24.8. The van der Waals surface area contributed by atoms with Gasteiger partial charge in [-0.2, -0.15) is 0 Å². The largest absolute Gasteiger partial charge is 0.497 e. The van der Waals surface area contributed by atoms with Crippen LogP contribution < -0.4 is 4.74 Å². The van der Waals surface area contributed by atoms with E-state index < -0.39 is 22.2 Å². The molecule has 0 aliphatic heterocycles. The van der Waals surface area contributed by atoms with Gasteiger partial charge in [-0.25, -0.2) is 4.79 Å². The normalized spacial score (nSPS) is 24.6. The fraction of sp³-hybridized carbons (Fsp3) is 0.400. The number of hydrogen-bond acceptors (Lipinski definition) is 4. The molecule has 2 atom stereocenters. The van der Waals surface area contributed by atoms with E-state index in [2.05, 4.69) is 34.6 Å². The Morgan fingerprint density at radius 2 is 1.46 bits per heavy atom. The lowest BCUT2D eigenvalue weighted by molar-refractivity contribution is -0.142. The lowest BCUT2D eigenvalue weighted by atomic mass is 9.59. The molecule has 35 heavy (non-hydrogen) atoms. The van der Waals surface area contributed by atoms with Crippen LogP contribution in [-0.4, -0.2) is 38.0 Å². The summed E-state index contributed by atoms with van der Waals surface area (Å²) in [6.45, 7) is 10.8. The third-order valence-electron chi connectivity index (χ3n) is 8.79. The van der Waals surface area contributed by atoms with Crippen LogP contribution in [0.15, 0.2) is 71.3 Å². The Hall–Kier alpha value is -3.34. The zero-order chi connectivity index (χ0) is 25.8. The molecule has 2 bridgehead atoms. The minimum absolute atomic E-state index is 0.158. The van der Waals surface area contributed by atoms with Crippen molar-refractivity contribution in [1.82, 2.24) is 4.90 Å². The van der Waals surface area contributed by atoms with E-state index in [1.807, 2.05) is 54.6 Å². The highest BCUT2D eigenvalue weighted by molar-refractivity contribution is 6.11. The number of amides is 1. The minimum Gasteiger partial charge on any atom is -0.497 e. The molecule has 0 N–H and O–H groups in total. The Kier molecular flexibility index (Phi) is 5.95. The number of likely N-dealkylation sites (N-methyl/N-ethyl adjacent to an activating group) is 1. The number of hydrogen-bond donors (Lipinski definition) is 0. The van der Waals surface area contributed by atoms with Crippen LogP contribution in [0.4, 0.5) is 0 Å². The summed E-state index contributed by atoms with van der Waals surface area (Å²) in [4.78, 5) is 29.1. The number of benzene rings is 2. The molecule has 2 aromatic rings. The molecule has 0 fully saturated rings. The standard InChI is InChI=1S/C30H35NO4/c1-19-23(21-14-16-22(34-8)17-15-21)30(5)24(26(32)31(6)7)25(29(19,4)28(30,2)3)27(33)35-18-20-12-10-9-11-13-20/h9-17H,18H2,1-8H3. The van der Waals surface area contributed by atoms with Crippen molar-refractivity contribution in [3.63, 3.8) is 0 Å². The van der Waals surface area contributed by atoms with Gasteiger partial charge in [0.15, 0.2) is 0 Å². The maximum Gasteiger partial charge on any atom is 0.335 e. The van der Waals surface area contributed by atoms with E-state index in [-0.39, 0.29) is 12.5 Å². The van der Waals surface area contributed by atoms with Gasteiger partial charge >= 0.3 is 5.97 Å². The van der Waals surface area contributed by atoms with E-state index in [4.69, 9.17) is 9.47 Å². The average molecular weight is 474 g/mol. The quantitative estimate of drug-likeness (QED) is 0.508. The summed E-state index contributed by atoms with van der Waals surface area (Å²) in [5.41, 5.74) is 3.33. The smallest absolute Gasteiger partial charge is 0.335 e. The van der Waals surface area contributed by atoms with Gasteiger partial charge in [0.05, 0.1) is 12.7 Å². The van der Waals surface area contributed by atoms with Gasteiger partial charge in [-0.3, -0.25) is 4.79 Å². The molecule has 0 radical (unpaired) electrons. The van der Waals surface area contributed by atoms with Crippen LogP contribution in [0.3, 0.4) is 0 Å². The molecule has 2 aromatic carbocycles. The van der Waals surface area contributed by atoms with Gasteiger partial charge < -0.3 is 14.4 Å². The second-order valence-electron chi connectivity index (χ2n) is 10.6. The highest BCUT2D eigenvalue weighted by Gasteiger charge is 2.72. The summed E-state index contributed by atoms with van der Waals surface area (Å²) in [7, 11) is 5.11. The molecule has 2 aliphatic rings. The van der Waals surface area contributed by atoms with Crippen molar-refractivity contribution in [3.8, 4) is 5.75 Å². The molecule has 5 nitrogen and oxygen atoms in total. The van der Waals surface area contributed by atoms with Crippen LogP contribution in [0.5, 0.6) is 5.75 Å². The summed E-state index contributed by atoms with van der Waals surface area (Å²) in [5, 5.41) is 0. The van der Waals surface area contributed by atoms with Crippen LogP contribution in [-0.2, 0) is 20.9 Å². The fourth-order valence-corrected chi connectivity index (χ4v) is 6.25. The summed E-state index contributed by atoms with van der Waals surface area (Å²) in [5.74, 6) is 0.192. The second-order valence-corrected chi connectivity index (χ2v) is 10.6. The molecule has 0 spiro atoms. The van der Waals surface area contributed by atoms with Crippen molar-refractivity contribution in [1.29, 1.82) is 0 Å². The van der Waals surface area contributed by atoms with E-state index in [1.54, 1.807) is 26.1 Å². The fourth-order valence-electron chi connectivity index (χ4n) is 6.25. The maximum absolute atomic E-state index is 13.8. The molecule has 1 amide bonds. The summed E-state index contributed by atoms with van der Waals surface area (Å²) >= 11 is 0. The van der Waals surface area contributed by atoms with Gasteiger partial charge in [-0.1, -0.05) is 75.7 Å². The Bertz CT molecular complexity index is 1240. The van der Waals surface area contributed by atoms with Crippen molar-refractivity contribution in [2.75, 3.05) is 21.2 Å². The number of allylic oxidation sites excluding steroid dienone is 2. The Balaban J connectivity index is 1.89. The van der Waals surface area contributed by atoms with Gasteiger partial charge in [0.1, 0.15) is 12.4 Å². The van der Waals surface area contributed by atoms with Gasteiger partial charge in [-0.15, -0.1) is 0 Å². The Morgan fingerprint density at radius 1 is 0.857 bits per heavy atom. The van der Waals surface area contributed by atoms with Crippen LogP contribution >= 0.6 is 0 Å². The molecule has 4 rings (SSSR count). The van der Waals surface area contributed by atoms with E-state index in [0.29, 0.717) is 11.1 Å². The third-order valence-corrected chi connectivity index (χ3v) is 8.79. The van der Waals surface area contributed by atoms with Crippen LogP contribution in [0.25, 0.3) is 5.57 Å². The van der Waals surface area contributed by atoms with Crippen LogP contribution in [0, 0.1) is 16.2 Å². The minimum atomic E-state index is -0.692. The monoisotopic (exact) mass is 473 g/mol. The van der Waals surface area contributed by atoms with E-state index in [1.165, 1.54) is 0 Å². The first-order valence-electron chi connectivity index (χ1n) is 12.0. The number of carbonyl (C=O) groups excluding carboxylic acids is 2. The van der Waals surface area contributed by atoms with Crippen molar-refractivity contribution < 1.29 is 19.1 Å². The highest BCUT2D eigenvalue weighted by Crippen LogP contribution is 2.77. The number of nitrogens with zero attached hydrogens (tertiary/aromatic N) is 1. The molecule has 0 heterocycles. The maximum atomic E-state index is 13.8. The zero-order valence-corrected chi connectivity index (χ0v) is 22.0. The Morgan fingerprint density at radius 3 is 2.00 bits per heavy atom. The number of carbonyl (C=O) groups is 2. The number of rotatable bonds is 6. The SMILES string of the molecule is COc1ccc(C2=C(C)C3(C)C(C(=O)OCc4ccccc4)=C(C(=O)N(C)C)C2(C)C3(C)C)cc1. The van der Waals surface area contributed by atoms with Gasteiger partial charge in [0, 0.05) is 30.5 Å². The van der Waals surface area contributed by atoms with Crippen molar-refractivity contribution >= 4 is 17.4 Å². The molecule has 0 saturated carbocycles.